The number of nitrogens with zero attached hydrogens (tertiary/aromatic N) is 3. The Morgan fingerprint density at radius 2 is 2.35 bits per heavy atom. The van der Waals surface area contributed by atoms with Crippen molar-refractivity contribution in [3.05, 3.63) is 50.9 Å². The van der Waals surface area contributed by atoms with Gasteiger partial charge in [0.1, 0.15) is 6.26 Å². The van der Waals surface area contributed by atoms with Crippen molar-refractivity contribution in [1.29, 1.82) is 0 Å². The number of fused-ring (bicyclic) bond motifs is 1. The molecule has 0 radical (unpaired) electrons. The molecule has 0 spiro atoms. The van der Waals surface area contributed by atoms with Gasteiger partial charge in [-0.1, -0.05) is 16.8 Å². The van der Waals surface area contributed by atoms with Crippen LogP contribution < -0.4 is 5.32 Å². The van der Waals surface area contributed by atoms with Crippen LogP contribution in [0.2, 0.25) is 5.02 Å². The Kier molecular flexibility index (Phi) is 4.26. The Morgan fingerprint density at radius 3 is 3.09 bits per heavy atom. The average Bonchev–Trinajstić information content (AvgIpc) is 2.96. The van der Waals surface area contributed by atoms with Gasteiger partial charge in [-0.2, -0.15) is 0 Å². The summed E-state index contributed by atoms with van der Waals surface area (Å²) in [4.78, 5) is 24.2. The van der Waals surface area contributed by atoms with Crippen LogP contribution in [0.25, 0.3) is 0 Å². The Labute approximate surface area is 136 Å². The Balaban J connectivity index is 1.61. The molecule has 0 atom stereocenters. The summed E-state index contributed by atoms with van der Waals surface area (Å²) in [5.74, 6) is -0.236. The Bertz CT molecular complexity index is 761. The van der Waals surface area contributed by atoms with Gasteiger partial charge in [0, 0.05) is 37.2 Å². The summed E-state index contributed by atoms with van der Waals surface area (Å²) in [6.07, 6.45) is 2.32. The predicted molar refractivity (Wildman–Crippen MR) is 82.2 cm³/mol. The highest BCUT2D eigenvalue weighted by Gasteiger charge is 2.21. The normalized spacial score (nSPS) is 14.3. The van der Waals surface area contributed by atoms with Crippen molar-refractivity contribution in [2.75, 3.05) is 18.4 Å². The van der Waals surface area contributed by atoms with E-state index < -0.39 is 4.92 Å². The molecule has 0 aliphatic carbocycles. The van der Waals surface area contributed by atoms with Crippen LogP contribution in [0.5, 0.6) is 0 Å². The molecular weight excluding hydrogens is 324 g/mol. The van der Waals surface area contributed by atoms with Crippen LogP contribution in [0.4, 0.5) is 11.4 Å². The third-order valence-electron chi connectivity index (χ3n) is 3.59. The molecule has 1 aromatic carbocycles. The summed E-state index contributed by atoms with van der Waals surface area (Å²) >= 11 is 5.96. The minimum Gasteiger partial charge on any atom is -0.364 e. The van der Waals surface area contributed by atoms with E-state index in [0.717, 1.165) is 17.7 Å². The molecule has 120 valence electrons. The average molecular weight is 337 g/mol. The third-order valence-corrected chi connectivity index (χ3v) is 3.90. The van der Waals surface area contributed by atoms with E-state index in [1.165, 1.54) is 18.2 Å². The second-order valence-corrected chi connectivity index (χ2v) is 5.62. The van der Waals surface area contributed by atoms with Crippen molar-refractivity contribution in [3.8, 4) is 0 Å². The first kappa shape index (κ1) is 15.4. The Morgan fingerprint density at radius 1 is 1.52 bits per heavy atom. The van der Waals surface area contributed by atoms with Crippen molar-refractivity contribution in [2.24, 2.45) is 0 Å². The number of carbonyl (C=O) groups excluding carboxylic acids is 1. The van der Waals surface area contributed by atoms with Crippen LogP contribution in [-0.4, -0.2) is 34.0 Å². The maximum atomic E-state index is 12.1. The lowest BCUT2D eigenvalue weighted by Gasteiger charge is -2.24. The monoisotopic (exact) mass is 336 g/mol. The number of nitro benzene ring substituents is 1. The topological polar surface area (TPSA) is 102 Å². The van der Waals surface area contributed by atoms with Crippen molar-refractivity contribution in [3.63, 3.8) is 0 Å². The molecule has 8 nitrogen and oxygen atoms in total. The number of hydrogen-bond donors (Lipinski definition) is 1. The molecule has 0 bridgehead atoms. The van der Waals surface area contributed by atoms with Crippen LogP contribution in [0.1, 0.15) is 11.3 Å². The molecule has 2 heterocycles. The summed E-state index contributed by atoms with van der Waals surface area (Å²) in [7, 11) is 0. The fourth-order valence-corrected chi connectivity index (χ4v) is 2.67. The van der Waals surface area contributed by atoms with Crippen molar-refractivity contribution in [2.45, 2.75) is 13.0 Å². The number of amides is 1. The van der Waals surface area contributed by atoms with Crippen LogP contribution >= 0.6 is 11.6 Å². The predicted octanol–water partition coefficient (Wildman–Crippen LogP) is 2.23. The first-order valence-corrected chi connectivity index (χ1v) is 7.29. The van der Waals surface area contributed by atoms with Gasteiger partial charge in [0.15, 0.2) is 0 Å². The molecule has 1 aliphatic rings. The largest absolute Gasteiger partial charge is 0.364 e. The van der Waals surface area contributed by atoms with E-state index in [1.807, 2.05) is 4.90 Å². The quantitative estimate of drug-likeness (QED) is 0.678. The SMILES string of the molecule is O=C(CN1CCc2nocc2C1)Nc1ccc([N+](=O)[O-])cc1Cl. The number of hydrogen-bond acceptors (Lipinski definition) is 6. The number of aromatic nitrogens is 1. The van der Waals surface area contributed by atoms with Gasteiger partial charge in [-0.05, 0) is 6.07 Å². The van der Waals surface area contributed by atoms with E-state index in [-0.39, 0.29) is 23.2 Å². The van der Waals surface area contributed by atoms with Crippen molar-refractivity contribution >= 4 is 28.9 Å². The summed E-state index contributed by atoms with van der Waals surface area (Å²) in [6.45, 7) is 1.50. The maximum Gasteiger partial charge on any atom is 0.271 e. The second kappa shape index (κ2) is 6.35. The van der Waals surface area contributed by atoms with Crippen molar-refractivity contribution < 1.29 is 14.2 Å². The molecule has 2 aromatic rings. The second-order valence-electron chi connectivity index (χ2n) is 5.22. The zero-order chi connectivity index (χ0) is 16.4. The van der Waals surface area contributed by atoms with Crippen molar-refractivity contribution in [1.82, 2.24) is 10.1 Å². The fourth-order valence-electron chi connectivity index (χ4n) is 2.45. The minimum absolute atomic E-state index is 0.121. The van der Waals surface area contributed by atoms with E-state index in [0.29, 0.717) is 18.8 Å². The van der Waals surface area contributed by atoms with Crippen LogP contribution in [-0.2, 0) is 17.8 Å². The van der Waals surface area contributed by atoms with E-state index in [9.17, 15) is 14.9 Å². The molecule has 1 aliphatic heterocycles. The highest BCUT2D eigenvalue weighted by Crippen LogP contribution is 2.26. The molecule has 9 heteroatoms. The highest BCUT2D eigenvalue weighted by molar-refractivity contribution is 6.34. The van der Waals surface area contributed by atoms with Crippen LogP contribution in [0, 0.1) is 10.1 Å². The van der Waals surface area contributed by atoms with E-state index >= 15 is 0 Å². The first-order chi connectivity index (χ1) is 11.0. The molecule has 1 aromatic heterocycles. The van der Waals surface area contributed by atoms with E-state index in [1.54, 1.807) is 6.26 Å². The van der Waals surface area contributed by atoms with Crippen LogP contribution in [0.15, 0.2) is 29.0 Å². The van der Waals surface area contributed by atoms with Gasteiger partial charge in [0.05, 0.1) is 27.9 Å². The summed E-state index contributed by atoms with van der Waals surface area (Å²) in [6, 6.07) is 3.93. The molecule has 1 N–H and O–H groups in total. The molecule has 0 saturated heterocycles. The number of non-ortho nitro benzene ring substituents is 1. The number of anilines is 1. The fraction of sp³-hybridized carbons (Fsp3) is 0.286. The third kappa shape index (κ3) is 3.49. The molecule has 3 rings (SSSR count). The summed E-state index contributed by atoms with van der Waals surface area (Å²) in [5, 5.41) is 17.4. The number of nitro groups is 1. The van der Waals surface area contributed by atoms with Gasteiger partial charge in [0.25, 0.3) is 5.69 Å². The summed E-state index contributed by atoms with van der Waals surface area (Å²) in [5.41, 5.74) is 2.14. The van der Waals surface area contributed by atoms with Gasteiger partial charge >= 0.3 is 0 Å². The lowest BCUT2D eigenvalue weighted by molar-refractivity contribution is -0.384. The standard InChI is InChI=1S/C14H13ClN4O4/c15-11-5-10(19(21)22)1-2-13(11)16-14(20)7-18-4-3-12-9(6-18)8-23-17-12/h1-2,5,8H,3-4,6-7H2,(H,16,20). The zero-order valence-electron chi connectivity index (χ0n) is 12.0. The lowest BCUT2D eigenvalue weighted by atomic mass is 10.1. The van der Waals surface area contributed by atoms with E-state index in [4.69, 9.17) is 16.1 Å². The maximum absolute atomic E-state index is 12.1. The molecule has 0 fully saturated rings. The number of rotatable bonds is 4. The molecular formula is C14H13ClN4O4. The molecule has 0 saturated carbocycles. The lowest BCUT2D eigenvalue weighted by Crippen LogP contribution is -2.36. The smallest absolute Gasteiger partial charge is 0.271 e. The number of nitrogens with one attached hydrogen (secondary N) is 1. The van der Waals surface area contributed by atoms with Crippen LogP contribution in [0.3, 0.4) is 0 Å². The first-order valence-electron chi connectivity index (χ1n) is 6.91. The molecule has 0 unspecified atom stereocenters. The van der Waals surface area contributed by atoms with E-state index in [2.05, 4.69) is 10.5 Å². The Hall–Kier alpha value is -2.45. The zero-order valence-corrected chi connectivity index (χ0v) is 12.7. The highest BCUT2D eigenvalue weighted by atomic mass is 35.5. The number of halogens is 1. The van der Waals surface area contributed by atoms with Gasteiger partial charge in [-0.15, -0.1) is 0 Å². The molecule has 23 heavy (non-hydrogen) atoms. The van der Waals surface area contributed by atoms with Gasteiger partial charge in [-0.3, -0.25) is 19.8 Å². The van der Waals surface area contributed by atoms with Gasteiger partial charge in [-0.25, -0.2) is 0 Å². The molecule has 1 amide bonds. The van der Waals surface area contributed by atoms with Gasteiger partial charge in [0.2, 0.25) is 5.91 Å². The van der Waals surface area contributed by atoms with Gasteiger partial charge < -0.3 is 9.84 Å². The number of benzene rings is 1. The number of carbonyl (C=O) groups is 1. The summed E-state index contributed by atoms with van der Waals surface area (Å²) < 4.78 is 4.91. The minimum atomic E-state index is -0.540.